The molecule has 0 saturated heterocycles. The van der Waals surface area contributed by atoms with Crippen LogP contribution in [0, 0.1) is 0 Å². The second-order valence-corrected chi connectivity index (χ2v) is 8.15. The van der Waals surface area contributed by atoms with Gasteiger partial charge in [-0.1, -0.05) is 60.1 Å². The van der Waals surface area contributed by atoms with Gasteiger partial charge in [0.2, 0.25) is 0 Å². The van der Waals surface area contributed by atoms with Crippen molar-refractivity contribution in [1.29, 1.82) is 0 Å². The number of nitrogens with one attached hydrogen (secondary N) is 1. The molecule has 0 bridgehead atoms. The van der Waals surface area contributed by atoms with Crippen LogP contribution in [-0.4, -0.2) is 23.4 Å². The number of aromatic nitrogens is 3. The monoisotopic (exact) mass is 422 g/mol. The molecule has 2 aromatic heterocycles. The molecule has 0 aliphatic rings. The van der Waals surface area contributed by atoms with E-state index in [4.69, 9.17) is 11.6 Å². The van der Waals surface area contributed by atoms with E-state index in [1.807, 2.05) is 30.3 Å². The molecule has 29 heavy (non-hydrogen) atoms. The van der Waals surface area contributed by atoms with Gasteiger partial charge in [-0.3, -0.25) is 4.72 Å². The van der Waals surface area contributed by atoms with Crippen molar-refractivity contribution < 1.29 is 8.42 Å². The molecule has 0 atom stereocenters. The van der Waals surface area contributed by atoms with E-state index < -0.39 is 10.0 Å². The Labute approximate surface area is 173 Å². The first-order valence-corrected chi connectivity index (χ1v) is 10.5. The van der Waals surface area contributed by atoms with Crippen molar-refractivity contribution in [3.8, 4) is 22.6 Å². The van der Waals surface area contributed by atoms with E-state index in [1.165, 1.54) is 12.1 Å². The Balaban J connectivity index is 1.69. The Morgan fingerprint density at radius 3 is 2.24 bits per heavy atom. The largest absolute Gasteiger partial charge is 0.276 e. The number of hydrogen-bond acceptors (Lipinski definition) is 5. The number of halogens is 1. The average Bonchev–Trinajstić information content (AvgIpc) is 2.76. The fourth-order valence-electron chi connectivity index (χ4n) is 2.71. The maximum absolute atomic E-state index is 12.6. The first-order valence-electron chi connectivity index (χ1n) is 8.65. The van der Waals surface area contributed by atoms with Gasteiger partial charge in [0.15, 0.2) is 11.0 Å². The van der Waals surface area contributed by atoms with Gasteiger partial charge in [0.1, 0.15) is 0 Å². The van der Waals surface area contributed by atoms with Gasteiger partial charge in [-0.25, -0.2) is 23.4 Å². The van der Waals surface area contributed by atoms with E-state index in [9.17, 15) is 8.42 Å². The molecule has 6 nitrogen and oxygen atoms in total. The molecule has 0 spiro atoms. The van der Waals surface area contributed by atoms with Gasteiger partial charge in [-0.2, -0.15) is 0 Å². The van der Waals surface area contributed by atoms with Crippen LogP contribution in [-0.2, 0) is 10.0 Å². The topological polar surface area (TPSA) is 84.8 Å². The lowest BCUT2D eigenvalue weighted by molar-refractivity contribution is 0.601. The van der Waals surface area contributed by atoms with Gasteiger partial charge in [0.25, 0.3) is 10.0 Å². The van der Waals surface area contributed by atoms with Crippen LogP contribution in [0.2, 0.25) is 5.15 Å². The number of anilines is 1. The standard InChI is InChI=1S/C21H15ClN4O2S/c22-20-19(26-29(27,28)17-9-5-2-6-10-17)13-16(14-24-20)18-11-12-23-21(25-18)15-7-3-1-4-8-15/h1-14,26H. The maximum atomic E-state index is 12.6. The van der Waals surface area contributed by atoms with Gasteiger partial charge < -0.3 is 0 Å². The highest BCUT2D eigenvalue weighted by Gasteiger charge is 2.17. The van der Waals surface area contributed by atoms with Crippen LogP contribution >= 0.6 is 11.6 Å². The minimum absolute atomic E-state index is 0.0468. The summed E-state index contributed by atoms with van der Waals surface area (Å²) in [5, 5.41) is 0.0468. The van der Waals surface area contributed by atoms with Crippen LogP contribution in [0.5, 0.6) is 0 Å². The van der Waals surface area contributed by atoms with Gasteiger partial charge in [0, 0.05) is 23.5 Å². The van der Waals surface area contributed by atoms with Crippen LogP contribution in [0.25, 0.3) is 22.6 Å². The fourth-order valence-corrected chi connectivity index (χ4v) is 3.99. The zero-order valence-corrected chi connectivity index (χ0v) is 16.6. The van der Waals surface area contributed by atoms with E-state index in [-0.39, 0.29) is 15.7 Å². The quantitative estimate of drug-likeness (QED) is 0.473. The molecule has 0 unspecified atom stereocenters. The summed E-state index contributed by atoms with van der Waals surface area (Å²) in [7, 11) is -3.79. The zero-order valence-electron chi connectivity index (χ0n) is 15.0. The first kappa shape index (κ1) is 19.0. The Bertz CT molecular complexity index is 1250. The molecule has 4 aromatic rings. The Morgan fingerprint density at radius 2 is 1.52 bits per heavy atom. The van der Waals surface area contributed by atoms with Crippen molar-refractivity contribution in [1.82, 2.24) is 15.0 Å². The number of benzene rings is 2. The normalized spacial score (nSPS) is 11.2. The summed E-state index contributed by atoms with van der Waals surface area (Å²) in [6.07, 6.45) is 3.19. The van der Waals surface area contributed by atoms with Gasteiger partial charge >= 0.3 is 0 Å². The van der Waals surface area contributed by atoms with E-state index in [2.05, 4.69) is 19.7 Å². The molecule has 2 aromatic carbocycles. The molecule has 0 fully saturated rings. The van der Waals surface area contributed by atoms with Crippen LogP contribution in [0.3, 0.4) is 0 Å². The van der Waals surface area contributed by atoms with Crippen LogP contribution in [0.4, 0.5) is 5.69 Å². The van der Waals surface area contributed by atoms with Gasteiger partial charge in [-0.15, -0.1) is 0 Å². The number of nitrogens with zero attached hydrogens (tertiary/aromatic N) is 3. The van der Waals surface area contributed by atoms with Crippen LogP contribution in [0.1, 0.15) is 0 Å². The molecule has 4 rings (SSSR count). The van der Waals surface area contributed by atoms with Crippen molar-refractivity contribution in [3.05, 3.63) is 90.3 Å². The minimum atomic E-state index is -3.79. The summed E-state index contributed by atoms with van der Waals surface area (Å²) in [6, 6.07) is 20.9. The SMILES string of the molecule is O=S(=O)(Nc1cc(-c2ccnc(-c3ccccc3)n2)cnc1Cl)c1ccccc1. The molecule has 0 radical (unpaired) electrons. The third kappa shape index (κ3) is 4.26. The van der Waals surface area contributed by atoms with Gasteiger partial charge in [0.05, 0.1) is 16.3 Å². The number of pyridine rings is 1. The summed E-state index contributed by atoms with van der Waals surface area (Å²) < 4.78 is 27.7. The lowest BCUT2D eigenvalue weighted by Crippen LogP contribution is -2.13. The molecule has 0 aliphatic carbocycles. The molecule has 0 saturated carbocycles. The van der Waals surface area contributed by atoms with Crippen molar-refractivity contribution in [2.45, 2.75) is 4.90 Å². The molecule has 0 amide bonds. The smallest absolute Gasteiger partial charge is 0.261 e. The first-order chi connectivity index (χ1) is 14.0. The van der Waals surface area contributed by atoms with Crippen molar-refractivity contribution in [2.24, 2.45) is 0 Å². The molecular formula is C21H15ClN4O2S. The van der Waals surface area contributed by atoms with Gasteiger partial charge in [-0.05, 0) is 24.3 Å². The van der Waals surface area contributed by atoms with Crippen molar-refractivity contribution >= 4 is 27.3 Å². The third-order valence-electron chi connectivity index (χ3n) is 4.12. The Morgan fingerprint density at radius 1 is 0.828 bits per heavy atom. The predicted molar refractivity (Wildman–Crippen MR) is 113 cm³/mol. The number of rotatable bonds is 5. The molecular weight excluding hydrogens is 408 g/mol. The van der Waals surface area contributed by atoms with E-state index >= 15 is 0 Å². The molecule has 144 valence electrons. The van der Waals surface area contributed by atoms with Crippen LogP contribution in [0.15, 0.2) is 90.1 Å². The summed E-state index contributed by atoms with van der Waals surface area (Å²) in [5.41, 5.74) is 2.26. The maximum Gasteiger partial charge on any atom is 0.261 e. The highest BCUT2D eigenvalue weighted by Crippen LogP contribution is 2.28. The van der Waals surface area contributed by atoms with Crippen molar-refractivity contribution in [2.75, 3.05) is 4.72 Å². The molecule has 2 heterocycles. The fraction of sp³-hybridized carbons (Fsp3) is 0. The van der Waals surface area contributed by atoms with E-state index in [0.717, 1.165) is 5.56 Å². The summed E-state index contributed by atoms with van der Waals surface area (Å²) >= 11 is 6.13. The van der Waals surface area contributed by atoms with Crippen LogP contribution < -0.4 is 4.72 Å². The highest BCUT2D eigenvalue weighted by molar-refractivity contribution is 7.92. The molecule has 0 aliphatic heterocycles. The third-order valence-corrected chi connectivity index (χ3v) is 5.80. The lowest BCUT2D eigenvalue weighted by Gasteiger charge is -2.11. The summed E-state index contributed by atoms with van der Waals surface area (Å²) in [4.78, 5) is 13.1. The second-order valence-electron chi connectivity index (χ2n) is 6.11. The Kier molecular flexibility index (Phi) is 5.24. The second kappa shape index (κ2) is 7.98. The summed E-state index contributed by atoms with van der Waals surface area (Å²) in [6.45, 7) is 0. The lowest BCUT2D eigenvalue weighted by atomic mass is 10.1. The van der Waals surface area contributed by atoms with E-state index in [1.54, 1.807) is 42.7 Å². The minimum Gasteiger partial charge on any atom is -0.276 e. The molecule has 1 N–H and O–H groups in total. The number of hydrogen-bond donors (Lipinski definition) is 1. The van der Waals surface area contributed by atoms with E-state index in [0.29, 0.717) is 17.1 Å². The molecule has 8 heteroatoms. The number of sulfonamides is 1. The Hall–Kier alpha value is -3.29. The summed E-state index contributed by atoms with van der Waals surface area (Å²) in [5.74, 6) is 0.560. The zero-order chi connectivity index (χ0) is 20.3. The highest BCUT2D eigenvalue weighted by atomic mass is 35.5. The average molecular weight is 423 g/mol. The predicted octanol–water partition coefficient (Wildman–Crippen LogP) is 4.66. The van der Waals surface area contributed by atoms with Crippen molar-refractivity contribution in [3.63, 3.8) is 0 Å².